The van der Waals surface area contributed by atoms with Crippen molar-refractivity contribution in [2.45, 2.75) is 40.5 Å². The molecule has 0 aliphatic carbocycles. The van der Waals surface area contributed by atoms with E-state index < -0.39 is 0 Å². The van der Waals surface area contributed by atoms with Gasteiger partial charge in [0.1, 0.15) is 0 Å². The Morgan fingerprint density at radius 3 is 1.46 bits per heavy atom. The highest BCUT2D eigenvalue weighted by atomic mass is 14.5. The number of hydrogen-bond acceptors (Lipinski definition) is 1. The Balaban J connectivity index is 0. The summed E-state index contributed by atoms with van der Waals surface area (Å²) in [6.45, 7) is 8.36. The van der Waals surface area contributed by atoms with Gasteiger partial charge >= 0.3 is 0 Å². The minimum absolute atomic E-state index is 0.822. The smallest absolute Gasteiger partial charge is 0.0313 e. The molecule has 0 atom stereocenters. The zero-order valence-corrected chi connectivity index (χ0v) is 9.38. The summed E-state index contributed by atoms with van der Waals surface area (Å²) < 4.78 is 0. The molecule has 0 amide bonds. The lowest BCUT2D eigenvalue weighted by atomic mass is 10.3. The molecule has 0 saturated carbocycles. The highest BCUT2D eigenvalue weighted by Gasteiger charge is 1.72. The third-order valence-corrected chi connectivity index (χ3v) is 1.30. The minimum Gasteiger partial charge on any atom is -0.399 e. The van der Waals surface area contributed by atoms with E-state index in [0.29, 0.717) is 0 Å². The van der Waals surface area contributed by atoms with Gasteiger partial charge in [0.2, 0.25) is 0 Å². The van der Waals surface area contributed by atoms with E-state index in [1.807, 2.05) is 44.2 Å². The molecule has 0 saturated heterocycles. The van der Waals surface area contributed by atoms with Crippen molar-refractivity contribution in [1.82, 2.24) is 0 Å². The summed E-state index contributed by atoms with van der Waals surface area (Å²) in [6, 6.07) is 9.49. The van der Waals surface area contributed by atoms with Crippen molar-refractivity contribution in [3.63, 3.8) is 0 Å². The maximum Gasteiger partial charge on any atom is 0.0313 e. The van der Waals surface area contributed by atoms with Gasteiger partial charge in [0.05, 0.1) is 0 Å². The van der Waals surface area contributed by atoms with Crippen molar-refractivity contribution in [1.29, 1.82) is 0 Å². The van der Waals surface area contributed by atoms with Crippen LogP contribution in [0.15, 0.2) is 30.3 Å². The molecule has 0 spiro atoms. The summed E-state index contributed by atoms with van der Waals surface area (Å²) in [7, 11) is 0. The summed E-state index contributed by atoms with van der Waals surface area (Å²) in [4.78, 5) is 0. The first-order valence-corrected chi connectivity index (χ1v) is 5.11. The summed E-state index contributed by atoms with van der Waals surface area (Å²) in [5, 5.41) is 0. The van der Waals surface area contributed by atoms with Crippen LogP contribution in [0.1, 0.15) is 40.5 Å². The number of unbranched alkanes of at least 4 members (excludes halogenated alkanes) is 1. The molecule has 0 radical (unpaired) electrons. The first kappa shape index (κ1) is 14.5. The van der Waals surface area contributed by atoms with Crippen LogP contribution in [0.4, 0.5) is 5.69 Å². The molecule has 2 N–H and O–H groups in total. The Hall–Kier alpha value is -0.980. The van der Waals surface area contributed by atoms with Crippen LogP contribution in [0.25, 0.3) is 0 Å². The van der Waals surface area contributed by atoms with Gasteiger partial charge in [0.25, 0.3) is 0 Å². The monoisotopic (exact) mass is 181 g/mol. The Bertz CT molecular complexity index is 156. The van der Waals surface area contributed by atoms with Crippen LogP contribution >= 0.6 is 0 Å². The van der Waals surface area contributed by atoms with Crippen LogP contribution in [-0.2, 0) is 0 Å². The number of hydrogen-bond donors (Lipinski definition) is 1. The molecule has 0 fully saturated rings. The molecule has 1 aromatic rings. The van der Waals surface area contributed by atoms with Crippen LogP contribution in [-0.4, -0.2) is 0 Å². The number of benzene rings is 1. The van der Waals surface area contributed by atoms with Gasteiger partial charge in [-0.1, -0.05) is 58.7 Å². The molecule has 76 valence electrons. The summed E-state index contributed by atoms with van der Waals surface area (Å²) >= 11 is 0. The molecule has 1 rings (SSSR count). The van der Waals surface area contributed by atoms with Gasteiger partial charge in [-0.05, 0) is 12.1 Å². The average molecular weight is 181 g/mol. The van der Waals surface area contributed by atoms with Gasteiger partial charge in [0.15, 0.2) is 0 Å². The Morgan fingerprint density at radius 1 is 0.923 bits per heavy atom. The average Bonchev–Trinajstić information content (AvgIpc) is 2.22. The molecule has 0 unspecified atom stereocenters. The zero-order valence-electron chi connectivity index (χ0n) is 9.38. The van der Waals surface area contributed by atoms with Crippen molar-refractivity contribution >= 4 is 5.69 Å². The number of nitrogens with two attached hydrogens (primary N) is 1. The third-order valence-electron chi connectivity index (χ3n) is 1.30. The van der Waals surface area contributed by atoms with E-state index in [1.54, 1.807) is 0 Å². The fourth-order valence-electron chi connectivity index (χ4n) is 0.453. The van der Waals surface area contributed by atoms with Gasteiger partial charge in [-0.2, -0.15) is 0 Å². The largest absolute Gasteiger partial charge is 0.399 e. The second-order valence-corrected chi connectivity index (χ2v) is 2.41. The normalized spacial score (nSPS) is 7.38. The summed E-state index contributed by atoms with van der Waals surface area (Å²) in [6.07, 6.45) is 2.64. The van der Waals surface area contributed by atoms with E-state index in [9.17, 15) is 0 Å². The second-order valence-electron chi connectivity index (χ2n) is 2.41. The first-order valence-electron chi connectivity index (χ1n) is 5.11. The van der Waals surface area contributed by atoms with E-state index in [-0.39, 0.29) is 0 Å². The third kappa shape index (κ3) is 13.9. The first-order chi connectivity index (χ1) is 6.31. The molecular weight excluding hydrogens is 158 g/mol. The minimum atomic E-state index is 0.822. The number of anilines is 1. The molecule has 13 heavy (non-hydrogen) atoms. The molecule has 0 aliphatic rings. The van der Waals surface area contributed by atoms with E-state index in [2.05, 4.69) is 13.8 Å². The molecule has 1 nitrogen and oxygen atoms in total. The topological polar surface area (TPSA) is 26.0 Å². The van der Waals surface area contributed by atoms with Crippen LogP contribution < -0.4 is 5.73 Å². The second kappa shape index (κ2) is 13.6. The molecule has 1 aromatic carbocycles. The molecule has 0 aliphatic heterocycles. The number of para-hydroxylation sites is 1. The lowest BCUT2D eigenvalue weighted by Gasteiger charge is -1.83. The van der Waals surface area contributed by atoms with E-state index in [0.717, 1.165) is 5.69 Å². The van der Waals surface area contributed by atoms with Gasteiger partial charge in [-0.25, -0.2) is 0 Å². The lowest BCUT2D eigenvalue weighted by Crippen LogP contribution is -1.79. The predicted molar refractivity (Wildman–Crippen MR) is 62.8 cm³/mol. The quantitative estimate of drug-likeness (QED) is 0.648. The maximum atomic E-state index is 5.36. The molecule has 0 aromatic heterocycles. The summed E-state index contributed by atoms with van der Waals surface area (Å²) in [5.41, 5.74) is 6.18. The molecule has 0 bridgehead atoms. The Morgan fingerprint density at radius 2 is 1.31 bits per heavy atom. The number of nitrogen functional groups attached to an aromatic ring is 1. The highest BCUT2D eigenvalue weighted by molar-refractivity contribution is 5.35. The fraction of sp³-hybridized carbons (Fsp3) is 0.500. The lowest BCUT2D eigenvalue weighted by molar-refractivity contribution is 0.886. The zero-order chi connectivity index (χ0) is 10.5. The highest BCUT2D eigenvalue weighted by Crippen LogP contribution is 1.95. The van der Waals surface area contributed by atoms with Gasteiger partial charge < -0.3 is 5.73 Å². The predicted octanol–water partition coefficient (Wildman–Crippen LogP) is 4.10. The SMILES string of the molecule is CC.CCCC.Nc1ccccc1. The van der Waals surface area contributed by atoms with Crippen molar-refractivity contribution < 1.29 is 0 Å². The van der Waals surface area contributed by atoms with Crippen molar-refractivity contribution in [2.75, 3.05) is 5.73 Å². The number of rotatable bonds is 1. The van der Waals surface area contributed by atoms with Crippen LogP contribution in [0.5, 0.6) is 0 Å². The summed E-state index contributed by atoms with van der Waals surface area (Å²) in [5.74, 6) is 0. The van der Waals surface area contributed by atoms with E-state index in [4.69, 9.17) is 5.73 Å². The van der Waals surface area contributed by atoms with Gasteiger partial charge in [-0.3, -0.25) is 0 Å². The van der Waals surface area contributed by atoms with Crippen LogP contribution in [0, 0.1) is 0 Å². The van der Waals surface area contributed by atoms with Crippen molar-refractivity contribution in [3.05, 3.63) is 30.3 Å². The fourth-order valence-corrected chi connectivity index (χ4v) is 0.453. The van der Waals surface area contributed by atoms with E-state index in [1.165, 1.54) is 12.8 Å². The van der Waals surface area contributed by atoms with Crippen molar-refractivity contribution in [3.8, 4) is 0 Å². The van der Waals surface area contributed by atoms with Gasteiger partial charge in [0, 0.05) is 5.69 Å². The maximum absolute atomic E-state index is 5.36. The Labute approximate surface area is 83.0 Å². The van der Waals surface area contributed by atoms with Crippen LogP contribution in [0.3, 0.4) is 0 Å². The Kier molecular flexibility index (Phi) is 15.2. The van der Waals surface area contributed by atoms with Gasteiger partial charge in [-0.15, -0.1) is 0 Å². The molecule has 1 heteroatoms. The van der Waals surface area contributed by atoms with Crippen molar-refractivity contribution in [2.24, 2.45) is 0 Å². The molecule has 0 heterocycles. The molecular formula is C12H23N. The van der Waals surface area contributed by atoms with Crippen LogP contribution in [0.2, 0.25) is 0 Å². The standard InChI is InChI=1S/C6H7N.C4H10.C2H6/c7-6-4-2-1-3-5-6;1-3-4-2;1-2/h1-5H,7H2;3-4H2,1-2H3;1-2H3. The van der Waals surface area contributed by atoms with E-state index >= 15 is 0 Å².